The molecule has 0 bridgehead atoms. The fourth-order valence-corrected chi connectivity index (χ4v) is 5.44. The fraction of sp³-hybridized carbons (Fsp3) is 0.241. The highest BCUT2D eigenvalue weighted by Gasteiger charge is 2.34. The molecule has 1 fully saturated rings. The van der Waals surface area contributed by atoms with Crippen LogP contribution in [0.15, 0.2) is 75.0 Å². The number of carbonyl (C=O) groups excluding carboxylic acids is 1. The normalized spacial score (nSPS) is 15.7. The SMILES string of the molecule is CCOc1cc(/C=C2\SC(=Nc3ccc(Cl)cc3)N(CC(C)C)C2=O)cc(Br)c1OCc1ccccc1F. The number of benzene rings is 3. The lowest BCUT2D eigenvalue weighted by molar-refractivity contribution is -0.122. The van der Waals surface area contributed by atoms with E-state index in [2.05, 4.69) is 29.8 Å². The highest BCUT2D eigenvalue weighted by atomic mass is 79.9. The number of halogens is 3. The number of aliphatic imine (C=N–C) groups is 1. The summed E-state index contributed by atoms with van der Waals surface area (Å²) in [5, 5.41) is 1.24. The average molecular weight is 618 g/mol. The molecule has 1 amide bonds. The molecule has 0 saturated carbocycles. The van der Waals surface area contributed by atoms with E-state index in [1.807, 2.05) is 37.3 Å². The van der Waals surface area contributed by atoms with E-state index in [1.54, 1.807) is 35.2 Å². The van der Waals surface area contributed by atoms with E-state index in [0.29, 0.717) is 49.8 Å². The van der Waals surface area contributed by atoms with Gasteiger partial charge in [-0.2, -0.15) is 0 Å². The number of nitrogens with zero attached hydrogens (tertiary/aromatic N) is 2. The molecule has 0 atom stereocenters. The molecule has 0 radical (unpaired) electrons. The van der Waals surface area contributed by atoms with Crippen molar-refractivity contribution in [1.82, 2.24) is 4.90 Å². The number of thioether (sulfide) groups is 1. The van der Waals surface area contributed by atoms with Crippen LogP contribution in [0.4, 0.5) is 10.1 Å². The van der Waals surface area contributed by atoms with E-state index in [1.165, 1.54) is 17.8 Å². The van der Waals surface area contributed by atoms with Crippen molar-refractivity contribution in [2.45, 2.75) is 27.4 Å². The molecule has 0 unspecified atom stereocenters. The van der Waals surface area contributed by atoms with Crippen LogP contribution in [0.3, 0.4) is 0 Å². The standard InChI is InChI=1S/C29H27BrClFN2O3S/c1-4-36-25-14-19(13-23(30)27(25)37-17-20-7-5-6-8-24(20)32)15-26-28(35)34(16-18(2)3)29(38-26)33-22-11-9-21(31)10-12-22/h5-15,18H,4,16-17H2,1-3H3/b26-15-,33-29?. The molecule has 3 aromatic rings. The third kappa shape index (κ3) is 6.98. The van der Waals surface area contributed by atoms with Crippen molar-refractivity contribution < 1.29 is 18.7 Å². The first-order chi connectivity index (χ1) is 18.2. The first-order valence-electron chi connectivity index (χ1n) is 12.1. The van der Waals surface area contributed by atoms with Crippen molar-refractivity contribution in [1.29, 1.82) is 0 Å². The summed E-state index contributed by atoms with van der Waals surface area (Å²) < 4.78 is 26.5. The van der Waals surface area contributed by atoms with Crippen LogP contribution in [0.5, 0.6) is 11.5 Å². The van der Waals surface area contributed by atoms with Crippen molar-refractivity contribution >= 4 is 62.1 Å². The first-order valence-corrected chi connectivity index (χ1v) is 14.1. The molecule has 0 aromatic heterocycles. The summed E-state index contributed by atoms with van der Waals surface area (Å²) in [4.78, 5) is 20.4. The van der Waals surface area contributed by atoms with Crippen molar-refractivity contribution in [3.05, 3.63) is 92.0 Å². The van der Waals surface area contributed by atoms with Crippen molar-refractivity contribution in [2.75, 3.05) is 13.2 Å². The van der Waals surface area contributed by atoms with E-state index in [-0.39, 0.29) is 24.2 Å². The molecule has 0 N–H and O–H groups in total. The van der Waals surface area contributed by atoms with Crippen molar-refractivity contribution in [2.24, 2.45) is 10.9 Å². The van der Waals surface area contributed by atoms with Crippen LogP contribution in [-0.4, -0.2) is 29.1 Å². The molecule has 5 nitrogen and oxygen atoms in total. The van der Waals surface area contributed by atoms with Gasteiger partial charge in [-0.05, 0) is 94.6 Å². The van der Waals surface area contributed by atoms with Gasteiger partial charge in [0.05, 0.1) is 21.7 Å². The number of ether oxygens (including phenoxy) is 2. The Morgan fingerprint density at radius 2 is 1.87 bits per heavy atom. The smallest absolute Gasteiger partial charge is 0.266 e. The molecule has 3 aromatic carbocycles. The van der Waals surface area contributed by atoms with E-state index in [0.717, 1.165) is 11.3 Å². The van der Waals surface area contributed by atoms with Gasteiger partial charge < -0.3 is 9.47 Å². The van der Waals surface area contributed by atoms with Gasteiger partial charge in [-0.1, -0.05) is 43.6 Å². The Morgan fingerprint density at radius 3 is 2.55 bits per heavy atom. The summed E-state index contributed by atoms with van der Waals surface area (Å²) in [6.45, 7) is 7.01. The molecule has 0 spiro atoms. The lowest BCUT2D eigenvalue weighted by atomic mass is 10.1. The number of amides is 1. The van der Waals surface area contributed by atoms with Crippen LogP contribution < -0.4 is 9.47 Å². The first kappa shape index (κ1) is 28.2. The largest absolute Gasteiger partial charge is 0.490 e. The summed E-state index contributed by atoms with van der Waals surface area (Å²) in [7, 11) is 0. The van der Waals surface area contributed by atoms with Gasteiger partial charge in [-0.25, -0.2) is 9.38 Å². The highest BCUT2D eigenvalue weighted by Crippen LogP contribution is 2.40. The van der Waals surface area contributed by atoms with E-state index in [4.69, 9.17) is 26.1 Å². The fourth-order valence-electron chi connectivity index (χ4n) is 3.73. The van der Waals surface area contributed by atoms with E-state index < -0.39 is 0 Å². The maximum Gasteiger partial charge on any atom is 0.266 e. The molecule has 4 rings (SSSR count). The van der Waals surface area contributed by atoms with Crippen molar-refractivity contribution in [3.8, 4) is 11.5 Å². The van der Waals surface area contributed by atoms with Gasteiger partial charge in [-0.3, -0.25) is 9.69 Å². The van der Waals surface area contributed by atoms with Gasteiger partial charge in [0.25, 0.3) is 5.91 Å². The van der Waals surface area contributed by atoms with Gasteiger partial charge in [0.1, 0.15) is 12.4 Å². The minimum absolute atomic E-state index is 0.0504. The summed E-state index contributed by atoms with van der Waals surface area (Å²) >= 11 is 10.9. The summed E-state index contributed by atoms with van der Waals surface area (Å²) in [5.74, 6) is 0.787. The Kier molecular flexibility index (Phi) is 9.52. The third-order valence-corrected chi connectivity index (χ3v) is 7.29. The topological polar surface area (TPSA) is 51.1 Å². The second-order valence-electron chi connectivity index (χ2n) is 8.93. The molecule has 38 heavy (non-hydrogen) atoms. The predicted molar refractivity (Wildman–Crippen MR) is 157 cm³/mol. The van der Waals surface area contributed by atoms with Crippen LogP contribution in [0.25, 0.3) is 6.08 Å². The van der Waals surface area contributed by atoms with E-state index >= 15 is 0 Å². The molecule has 9 heteroatoms. The Morgan fingerprint density at radius 1 is 1.13 bits per heavy atom. The zero-order chi connectivity index (χ0) is 27.2. The molecule has 1 aliphatic rings. The Bertz CT molecular complexity index is 1380. The molecule has 1 aliphatic heterocycles. The van der Waals surface area contributed by atoms with Crippen LogP contribution in [0.1, 0.15) is 31.9 Å². The maximum absolute atomic E-state index is 14.1. The number of carbonyl (C=O) groups is 1. The summed E-state index contributed by atoms with van der Waals surface area (Å²) in [6.07, 6.45) is 1.82. The van der Waals surface area contributed by atoms with Gasteiger partial charge in [0, 0.05) is 17.1 Å². The zero-order valence-electron chi connectivity index (χ0n) is 21.2. The second kappa shape index (κ2) is 12.8. The minimum Gasteiger partial charge on any atom is -0.490 e. The van der Waals surface area contributed by atoms with Crippen molar-refractivity contribution in [3.63, 3.8) is 0 Å². The lowest BCUT2D eigenvalue weighted by Crippen LogP contribution is -2.32. The number of rotatable bonds is 9. The summed E-state index contributed by atoms with van der Waals surface area (Å²) in [5.41, 5.74) is 1.92. The second-order valence-corrected chi connectivity index (χ2v) is 11.2. The molecular formula is C29H27BrClFN2O3S. The zero-order valence-corrected chi connectivity index (χ0v) is 24.4. The number of hydrogen-bond donors (Lipinski definition) is 0. The van der Waals surface area contributed by atoms with Gasteiger partial charge in [0.2, 0.25) is 0 Å². The maximum atomic E-state index is 14.1. The average Bonchev–Trinajstić information content (AvgIpc) is 3.14. The van der Waals surface area contributed by atoms with Crippen LogP contribution in [0, 0.1) is 11.7 Å². The quantitative estimate of drug-likeness (QED) is 0.226. The monoisotopic (exact) mass is 616 g/mol. The molecule has 198 valence electrons. The minimum atomic E-state index is -0.332. The number of amidine groups is 1. The van der Waals surface area contributed by atoms with Crippen LogP contribution in [0.2, 0.25) is 5.02 Å². The van der Waals surface area contributed by atoms with Crippen LogP contribution >= 0.6 is 39.3 Å². The molecule has 0 aliphatic carbocycles. The molecule has 1 saturated heterocycles. The summed E-state index contributed by atoms with van der Waals surface area (Å²) in [6, 6.07) is 17.3. The Hall–Kier alpha value is -2.81. The third-order valence-electron chi connectivity index (χ3n) is 5.45. The van der Waals surface area contributed by atoms with Gasteiger partial charge >= 0.3 is 0 Å². The molecular weight excluding hydrogens is 591 g/mol. The predicted octanol–water partition coefficient (Wildman–Crippen LogP) is 8.48. The molecule has 1 heterocycles. The highest BCUT2D eigenvalue weighted by molar-refractivity contribution is 9.10. The van der Waals surface area contributed by atoms with Crippen LogP contribution in [-0.2, 0) is 11.4 Å². The van der Waals surface area contributed by atoms with Gasteiger partial charge in [-0.15, -0.1) is 0 Å². The van der Waals surface area contributed by atoms with E-state index in [9.17, 15) is 9.18 Å². The Labute approximate surface area is 239 Å². The van der Waals surface area contributed by atoms with Gasteiger partial charge in [0.15, 0.2) is 16.7 Å². The lowest BCUT2D eigenvalue weighted by Gasteiger charge is -2.17. The number of hydrogen-bond acceptors (Lipinski definition) is 5. The Balaban J connectivity index is 1.64.